The Labute approximate surface area is 128 Å². The Morgan fingerprint density at radius 2 is 1.60 bits per heavy atom. The Bertz CT molecular complexity index is 601. The van der Waals surface area contributed by atoms with Crippen LogP contribution in [0.15, 0.2) is 42.5 Å². The van der Waals surface area contributed by atoms with Crippen LogP contribution in [0.3, 0.4) is 0 Å². The van der Waals surface area contributed by atoms with E-state index >= 15 is 0 Å². The minimum atomic E-state index is -0.395. The molecule has 4 heteroatoms. The zero-order valence-corrected chi connectivity index (χ0v) is 12.8. The first-order chi connectivity index (χ1) is 9.47. The van der Waals surface area contributed by atoms with E-state index in [0.29, 0.717) is 5.02 Å². The molecule has 0 spiro atoms. The first kappa shape index (κ1) is 15.3. The van der Waals surface area contributed by atoms with Gasteiger partial charge in [-0.15, -0.1) is 0 Å². The third-order valence-electron chi connectivity index (χ3n) is 3.29. The SMILES string of the molecule is CC(NC(C)c1ccc(Cl)c(F)c1)c1cccc(Cl)c1. The average Bonchev–Trinajstić information content (AvgIpc) is 2.41. The van der Waals surface area contributed by atoms with Crippen LogP contribution in [0.2, 0.25) is 10.0 Å². The molecule has 1 nitrogen and oxygen atoms in total. The second-order valence-corrected chi connectivity index (χ2v) is 5.68. The molecule has 2 aromatic rings. The summed E-state index contributed by atoms with van der Waals surface area (Å²) in [5.41, 5.74) is 1.96. The maximum atomic E-state index is 13.5. The van der Waals surface area contributed by atoms with Gasteiger partial charge in [-0.3, -0.25) is 0 Å². The normalized spacial score (nSPS) is 14.1. The number of rotatable bonds is 4. The number of nitrogens with one attached hydrogen (secondary N) is 1. The minimum Gasteiger partial charge on any atom is -0.304 e. The van der Waals surface area contributed by atoms with E-state index in [1.807, 2.05) is 37.3 Å². The lowest BCUT2D eigenvalue weighted by Crippen LogP contribution is -2.22. The van der Waals surface area contributed by atoms with Crippen LogP contribution in [0.4, 0.5) is 4.39 Å². The molecule has 0 radical (unpaired) electrons. The lowest BCUT2D eigenvalue weighted by atomic mass is 10.0. The van der Waals surface area contributed by atoms with Gasteiger partial charge >= 0.3 is 0 Å². The van der Waals surface area contributed by atoms with Crippen molar-refractivity contribution in [3.05, 3.63) is 69.5 Å². The van der Waals surface area contributed by atoms with Gasteiger partial charge in [-0.25, -0.2) is 4.39 Å². The van der Waals surface area contributed by atoms with E-state index in [9.17, 15) is 4.39 Å². The summed E-state index contributed by atoms with van der Waals surface area (Å²) in [4.78, 5) is 0. The maximum absolute atomic E-state index is 13.5. The summed E-state index contributed by atoms with van der Waals surface area (Å²) in [5, 5.41) is 4.27. The fourth-order valence-electron chi connectivity index (χ4n) is 2.13. The summed E-state index contributed by atoms with van der Waals surface area (Å²) in [6, 6.07) is 12.7. The van der Waals surface area contributed by atoms with Crippen LogP contribution in [0.5, 0.6) is 0 Å². The van der Waals surface area contributed by atoms with Gasteiger partial charge in [-0.1, -0.05) is 41.4 Å². The van der Waals surface area contributed by atoms with Gasteiger partial charge in [0.2, 0.25) is 0 Å². The largest absolute Gasteiger partial charge is 0.304 e. The molecule has 2 aromatic carbocycles. The Balaban J connectivity index is 2.10. The van der Waals surface area contributed by atoms with Crippen molar-refractivity contribution in [2.45, 2.75) is 25.9 Å². The van der Waals surface area contributed by atoms with E-state index in [1.165, 1.54) is 6.07 Å². The highest BCUT2D eigenvalue weighted by Crippen LogP contribution is 2.24. The molecule has 2 atom stereocenters. The molecule has 0 bridgehead atoms. The second-order valence-electron chi connectivity index (χ2n) is 4.84. The smallest absolute Gasteiger partial charge is 0.142 e. The molecule has 0 saturated heterocycles. The van der Waals surface area contributed by atoms with Crippen molar-refractivity contribution in [1.82, 2.24) is 5.32 Å². The van der Waals surface area contributed by atoms with Crippen LogP contribution in [0, 0.1) is 5.82 Å². The molecule has 0 aliphatic rings. The summed E-state index contributed by atoms with van der Waals surface area (Å²) in [7, 11) is 0. The predicted octanol–water partition coefficient (Wildman–Crippen LogP) is 5.54. The quantitative estimate of drug-likeness (QED) is 0.781. The molecule has 20 heavy (non-hydrogen) atoms. The number of hydrogen-bond donors (Lipinski definition) is 1. The van der Waals surface area contributed by atoms with Gasteiger partial charge in [-0.2, -0.15) is 0 Å². The molecule has 0 saturated carbocycles. The van der Waals surface area contributed by atoms with E-state index < -0.39 is 5.82 Å². The molecule has 2 rings (SSSR count). The molecule has 0 fully saturated rings. The third-order valence-corrected chi connectivity index (χ3v) is 3.83. The summed E-state index contributed by atoms with van der Waals surface area (Å²) >= 11 is 11.7. The third kappa shape index (κ3) is 3.72. The molecular formula is C16H16Cl2FN. The Morgan fingerprint density at radius 1 is 0.950 bits per heavy atom. The first-order valence-corrected chi connectivity index (χ1v) is 7.19. The molecular weight excluding hydrogens is 296 g/mol. The van der Waals surface area contributed by atoms with Crippen LogP contribution in [-0.2, 0) is 0 Å². The zero-order valence-electron chi connectivity index (χ0n) is 11.3. The maximum Gasteiger partial charge on any atom is 0.142 e. The monoisotopic (exact) mass is 311 g/mol. The fourth-order valence-corrected chi connectivity index (χ4v) is 2.44. The molecule has 106 valence electrons. The standard InChI is InChI=1S/C16H16Cl2FN/c1-10(12-4-3-5-14(17)8-12)20-11(2)13-6-7-15(18)16(19)9-13/h3-11,20H,1-2H3. The van der Waals surface area contributed by atoms with E-state index in [1.54, 1.807) is 6.07 Å². The van der Waals surface area contributed by atoms with Crippen molar-refractivity contribution >= 4 is 23.2 Å². The first-order valence-electron chi connectivity index (χ1n) is 6.44. The summed E-state index contributed by atoms with van der Waals surface area (Å²) < 4.78 is 13.5. The topological polar surface area (TPSA) is 12.0 Å². The van der Waals surface area contributed by atoms with Gasteiger partial charge in [0, 0.05) is 17.1 Å². The molecule has 0 aliphatic heterocycles. The average molecular weight is 312 g/mol. The molecule has 0 aliphatic carbocycles. The number of halogens is 3. The second kappa shape index (κ2) is 6.57. The van der Waals surface area contributed by atoms with Gasteiger partial charge < -0.3 is 5.32 Å². The lowest BCUT2D eigenvalue weighted by Gasteiger charge is -2.21. The lowest BCUT2D eigenvalue weighted by molar-refractivity contribution is 0.492. The van der Waals surface area contributed by atoms with Crippen molar-refractivity contribution in [3.63, 3.8) is 0 Å². The van der Waals surface area contributed by atoms with Crippen molar-refractivity contribution < 1.29 is 4.39 Å². The van der Waals surface area contributed by atoms with Crippen LogP contribution < -0.4 is 5.32 Å². The highest BCUT2D eigenvalue weighted by Gasteiger charge is 2.12. The van der Waals surface area contributed by atoms with Crippen LogP contribution in [0.1, 0.15) is 37.1 Å². The van der Waals surface area contributed by atoms with Crippen LogP contribution >= 0.6 is 23.2 Å². The highest BCUT2D eigenvalue weighted by molar-refractivity contribution is 6.30. The fraction of sp³-hybridized carbons (Fsp3) is 0.250. The summed E-state index contributed by atoms with van der Waals surface area (Å²) in [6.45, 7) is 4.04. The highest BCUT2D eigenvalue weighted by atomic mass is 35.5. The Hall–Kier alpha value is -1.09. The molecule has 1 N–H and O–H groups in total. The Kier molecular flexibility index (Phi) is 5.03. The van der Waals surface area contributed by atoms with Gasteiger partial charge in [0.1, 0.15) is 5.82 Å². The van der Waals surface area contributed by atoms with E-state index in [-0.39, 0.29) is 17.1 Å². The predicted molar refractivity (Wildman–Crippen MR) is 82.8 cm³/mol. The number of benzene rings is 2. The number of hydrogen-bond acceptors (Lipinski definition) is 1. The van der Waals surface area contributed by atoms with Crippen molar-refractivity contribution in [1.29, 1.82) is 0 Å². The molecule has 0 heterocycles. The van der Waals surface area contributed by atoms with Crippen molar-refractivity contribution in [3.8, 4) is 0 Å². The molecule has 2 unspecified atom stereocenters. The summed E-state index contributed by atoms with van der Waals surface area (Å²) in [5.74, 6) is -0.395. The van der Waals surface area contributed by atoms with Crippen LogP contribution in [-0.4, -0.2) is 0 Å². The van der Waals surface area contributed by atoms with Gasteiger partial charge in [0.25, 0.3) is 0 Å². The van der Waals surface area contributed by atoms with Crippen molar-refractivity contribution in [2.75, 3.05) is 0 Å². The molecule has 0 aromatic heterocycles. The minimum absolute atomic E-state index is 0.00995. The van der Waals surface area contributed by atoms with Crippen LogP contribution in [0.25, 0.3) is 0 Å². The van der Waals surface area contributed by atoms with E-state index in [2.05, 4.69) is 12.2 Å². The van der Waals surface area contributed by atoms with E-state index in [4.69, 9.17) is 23.2 Å². The van der Waals surface area contributed by atoms with Crippen molar-refractivity contribution in [2.24, 2.45) is 0 Å². The molecule has 0 amide bonds. The Morgan fingerprint density at radius 3 is 2.20 bits per heavy atom. The van der Waals surface area contributed by atoms with Gasteiger partial charge in [0.15, 0.2) is 0 Å². The van der Waals surface area contributed by atoms with Gasteiger partial charge in [0.05, 0.1) is 5.02 Å². The van der Waals surface area contributed by atoms with Gasteiger partial charge in [-0.05, 0) is 49.2 Å². The summed E-state index contributed by atoms with van der Waals surface area (Å²) in [6.07, 6.45) is 0. The van der Waals surface area contributed by atoms with E-state index in [0.717, 1.165) is 11.1 Å². The zero-order chi connectivity index (χ0) is 14.7.